The molecule has 3 N–H and O–H groups in total. The molecule has 5 heteroatoms. The van der Waals surface area contributed by atoms with Gasteiger partial charge < -0.3 is 16.0 Å². The van der Waals surface area contributed by atoms with Crippen LogP contribution in [0.5, 0.6) is 0 Å². The highest BCUT2D eigenvalue weighted by molar-refractivity contribution is 5.93. The van der Waals surface area contributed by atoms with Crippen molar-refractivity contribution in [1.29, 1.82) is 0 Å². The van der Waals surface area contributed by atoms with Gasteiger partial charge in [-0.15, -0.1) is 0 Å². The molecule has 1 amide bonds. The summed E-state index contributed by atoms with van der Waals surface area (Å²) in [6.07, 6.45) is 1.13. The average molecular weight is 276 g/mol. The Morgan fingerprint density at radius 1 is 1.50 bits per heavy atom. The van der Waals surface area contributed by atoms with Crippen molar-refractivity contribution in [2.45, 2.75) is 19.4 Å². The van der Waals surface area contributed by atoms with Crippen LogP contribution in [-0.2, 0) is 4.79 Å². The summed E-state index contributed by atoms with van der Waals surface area (Å²) in [7, 11) is 4.18. The second-order valence-electron chi connectivity index (χ2n) is 5.76. The molecular formula is C15H24N4O. The predicted octanol–water partition coefficient (Wildman–Crippen LogP) is 1.15. The smallest absolute Gasteiger partial charge is 0.238 e. The highest BCUT2D eigenvalue weighted by atomic mass is 16.2. The summed E-state index contributed by atoms with van der Waals surface area (Å²) in [6.45, 7) is 4.34. The zero-order valence-electron chi connectivity index (χ0n) is 12.5. The number of nitrogens with two attached hydrogens (primary N) is 1. The van der Waals surface area contributed by atoms with E-state index in [2.05, 4.69) is 29.2 Å². The molecule has 1 saturated heterocycles. The number of hydrogen-bond acceptors (Lipinski definition) is 4. The number of hydrogen-bond donors (Lipinski definition) is 2. The maximum absolute atomic E-state index is 12.1. The maximum Gasteiger partial charge on any atom is 0.238 e. The molecule has 5 nitrogen and oxygen atoms in total. The van der Waals surface area contributed by atoms with Crippen LogP contribution in [0.15, 0.2) is 18.2 Å². The van der Waals surface area contributed by atoms with Crippen molar-refractivity contribution in [2.24, 2.45) is 0 Å². The molecular weight excluding hydrogens is 252 g/mol. The number of amides is 1. The number of benzene rings is 1. The first-order valence-electron chi connectivity index (χ1n) is 7.00. The van der Waals surface area contributed by atoms with Crippen LogP contribution in [-0.4, -0.2) is 55.5 Å². The summed E-state index contributed by atoms with van der Waals surface area (Å²) in [4.78, 5) is 16.5. The van der Waals surface area contributed by atoms with Crippen LogP contribution >= 0.6 is 0 Å². The number of anilines is 2. The van der Waals surface area contributed by atoms with Gasteiger partial charge in [-0.2, -0.15) is 0 Å². The molecule has 0 radical (unpaired) electrons. The van der Waals surface area contributed by atoms with Crippen LogP contribution in [0.4, 0.5) is 11.4 Å². The number of rotatable bonds is 4. The van der Waals surface area contributed by atoms with Crippen LogP contribution in [0.2, 0.25) is 0 Å². The molecule has 2 rings (SSSR count). The van der Waals surface area contributed by atoms with Crippen molar-refractivity contribution in [3.8, 4) is 0 Å². The lowest BCUT2D eigenvalue weighted by Gasteiger charge is -2.20. The summed E-state index contributed by atoms with van der Waals surface area (Å²) in [5, 5.41) is 2.96. The van der Waals surface area contributed by atoms with E-state index in [0.717, 1.165) is 30.8 Å². The van der Waals surface area contributed by atoms with E-state index in [0.29, 0.717) is 18.3 Å². The van der Waals surface area contributed by atoms with Gasteiger partial charge in [-0.1, -0.05) is 0 Å². The minimum atomic E-state index is 0.0391. The fraction of sp³-hybridized carbons (Fsp3) is 0.533. The van der Waals surface area contributed by atoms with Gasteiger partial charge in [-0.25, -0.2) is 0 Å². The Balaban J connectivity index is 1.87. The predicted molar refractivity (Wildman–Crippen MR) is 82.8 cm³/mol. The van der Waals surface area contributed by atoms with E-state index >= 15 is 0 Å². The first-order chi connectivity index (χ1) is 9.45. The molecule has 1 aromatic rings. The lowest BCUT2D eigenvalue weighted by atomic mass is 10.2. The monoisotopic (exact) mass is 276 g/mol. The molecule has 1 aromatic carbocycles. The van der Waals surface area contributed by atoms with Crippen LogP contribution < -0.4 is 11.1 Å². The van der Waals surface area contributed by atoms with Crippen LogP contribution in [0, 0.1) is 6.92 Å². The van der Waals surface area contributed by atoms with Crippen molar-refractivity contribution >= 4 is 17.3 Å². The average Bonchev–Trinajstić information content (AvgIpc) is 2.81. The molecule has 110 valence electrons. The molecule has 0 spiro atoms. The Labute approximate surface area is 120 Å². The molecule has 1 heterocycles. The second-order valence-corrected chi connectivity index (χ2v) is 5.76. The summed E-state index contributed by atoms with van der Waals surface area (Å²) < 4.78 is 0. The number of nitrogens with zero attached hydrogens (tertiary/aromatic N) is 2. The molecule has 1 unspecified atom stereocenters. The Hall–Kier alpha value is -1.59. The normalized spacial score (nSPS) is 19.5. The van der Waals surface area contributed by atoms with Crippen molar-refractivity contribution in [2.75, 3.05) is 44.8 Å². The van der Waals surface area contributed by atoms with Gasteiger partial charge in [0.2, 0.25) is 5.91 Å². The van der Waals surface area contributed by atoms with Gasteiger partial charge in [0.15, 0.2) is 0 Å². The highest BCUT2D eigenvalue weighted by Gasteiger charge is 2.25. The number of carbonyl (C=O) groups is 1. The zero-order chi connectivity index (χ0) is 14.7. The third kappa shape index (κ3) is 3.71. The van der Waals surface area contributed by atoms with Crippen LogP contribution in [0.25, 0.3) is 0 Å². The van der Waals surface area contributed by atoms with E-state index in [4.69, 9.17) is 5.73 Å². The topological polar surface area (TPSA) is 61.6 Å². The van der Waals surface area contributed by atoms with Gasteiger partial charge in [-0.3, -0.25) is 9.69 Å². The molecule has 1 aliphatic heterocycles. The lowest BCUT2D eigenvalue weighted by Crippen LogP contribution is -2.35. The summed E-state index contributed by atoms with van der Waals surface area (Å²) in [5.41, 5.74) is 8.26. The highest BCUT2D eigenvalue weighted by Crippen LogP contribution is 2.18. The van der Waals surface area contributed by atoms with Gasteiger partial charge in [0.05, 0.1) is 6.54 Å². The first kappa shape index (κ1) is 14.8. The SMILES string of the molecule is Cc1cc(N)ccc1NC(=O)CN1CCC(N(C)C)C1. The maximum atomic E-state index is 12.1. The third-order valence-corrected chi connectivity index (χ3v) is 3.87. The van der Waals surface area contributed by atoms with E-state index in [1.165, 1.54) is 0 Å². The summed E-state index contributed by atoms with van der Waals surface area (Å²) in [5.74, 6) is 0.0391. The third-order valence-electron chi connectivity index (χ3n) is 3.87. The van der Waals surface area contributed by atoms with E-state index in [-0.39, 0.29) is 5.91 Å². The minimum Gasteiger partial charge on any atom is -0.399 e. The molecule has 1 fully saturated rings. The Morgan fingerprint density at radius 2 is 2.25 bits per heavy atom. The fourth-order valence-corrected chi connectivity index (χ4v) is 2.60. The van der Waals surface area contributed by atoms with Crippen molar-refractivity contribution in [3.05, 3.63) is 23.8 Å². The van der Waals surface area contributed by atoms with Gasteiger partial charge in [0.1, 0.15) is 0 Å². The number of likely N-dealkylation sites (tertiary alicyclic amines) is 1. The molecule has 0 aromatic heterocycles. The summed E-state index contributed by atoms with van der Waals surface area (Å²) >= 11 is 0. The van der Waals surface area contributed by atoms with Crippen molar-refractivity contribution in [1.82, 2.24) is 9.80 Å². The molecule has 1 aliphatic rings. The molecule has 0 aliphatic carbocycles. The first-order valence-corrected chi connectivity index (χ1v) is 7.00. The minimum absolute atomic E-state index is 0.0391. The quantitative estimate of drug-likeness (QED) is 0.810. The Kier molecular flexibility index (Phi) is 4.62. The van der Waals surface area contributed by atoms with Gasteiger partial charge in [0, 0.05) is 30.5 Å². The Bertz CT molecular complexity index is 487. The standard InChI is InChI=1S/C15H24N4O/c1-11-8-12(16)4-5-14(11)17-15(20)10-19-7-6-13(9-19)18(2)3/h4-5,8,13H,6-7,9-10,16H2,1-3H3,(H,17,20). The fourth-order valence-electron chi connectivity index (χ4n) is 2.60. The largest absolute Gasteiger partial charge is 0.399 e. The molecule has 0 saturated carbocycles. The van der Waals surface area contributed by atoms with Crippen LogP contribution in [0.1, 0.15) is 12.0 Å². The van der Waals surface area contributed by atoms with Gasteiger partial charge in [-0.05, 0) is 51.2 Å². The number of nitrogen functional groups attached to an aromatic ring is 1. The van der Waals surface area contributed by atoms with Gasteiger partial charge in [0.25, 0.3) is 0 Å². The molecule has 20 heavy (non-hydrogen) atoms. The second kappa shape index (κ2) is 6.24. The summed E-state index contributed by atoms with van der Waals surface area (Å²) in [6, 6.07) is 6.09. The van der Waals surface area contributed by atoms with Gasteiger partial charge >= 0.3 is 0 Å². The van der Waals surface area contributed by atoms with E-state index < -0.39 is 0 Å². The number of likely N-dealkylation sites (N-methyl/N-ethyl adjacent to an activating group) is 1. The van der Waals surface area contributed by atoms with Crippen molar-refractivity contribution < 1.29 is 4.79 Å². The molecule has 1 atom stereocenters. The molecule has 0 bridgehead atoms. The number of aryl methyl sites for hydroxylation is 1. The van der Waals surface area contributed by atoms with E-state index in [1.807, 2.05) is 19.1 Å². The van der Waals surface area contributed by atoms with Crippen LogP contribution in [0.3, 0.4) is 0 Å². The van der Waals surface area contributed by atoms with E-state index in [9.17, 15) is 4.79 Å². The lowest BCUT2D eigenvalue weighted by molar-refractivity contribution is -0.117. The number of carbonyl (C=O) groups excluding carboxylic acids is 1. The number of nitrogens with one attached hydrogen (secondary N) is 1. The van der Waals surface area contributed by atoms with E-state index in [1.54, 1.807) is 6.07 Å². The zero-order valence-corrected chi connectivity index (χ0v) is 12.5. The van der Waals surface area contributed by atoms with Crippen molar-refractivity contribution in [3.63, 3.8) is 0 Å². The Morgan fingerprint density at radius 3 is 2.85 bits per heavy atom.